The molecule has 0 aliphatic heterocycles. The van der Waals surface area contributed by atoms with Crippen molar-refractivity contribution in [3.05, 3.63) is 40.3 Å². The van der Waals surface area contributed by atoms with Gasteiger partial charge in [0, 0.05) is 30.6 Å². The molecule has 2 saturated carbocycles. The van der Waals surface area contributed by atoms with Crippen LogP contribution in [0, 0.1) is 28.6 Å². The highest BCUT2D eigenvalue weighted by molar-refractivity contribution is 5.96. The molecule has 1 heterocycles. The summed E-state index contributed by atoms with van der Waals surface area (Å²) in [6.45, 7) is 11.7. The Morgan fingerprint density at radius 2 is 1.90 bits per heavy atom. The summed E-state index contributed by atoms with van der Waals surface area (Å²) in [6, 6.07) is 0. The van der Waals surface area contributed by atoms with E-state index in [4.69, 9.17) is 14.0 Å². The average molecular weight is 558 g/mol. The summed E-state index contributed by atoms with van der Waals surface area (Å²) in [6.07, 6.45) is 1.06. The lowest BCUT2D eigenvalue weighted by Crippen LogP contribution is -2.66. The van der Waals surface area contributed by atoms with E-state index < -0.39 is 70.5 Å². The molecule has 10 nitrogen and oxygen atoms in total. The third-order valence-corrected chi connectivity index (χ3v) is 10.3. The van der Waals surface area contributed by atoms with Crippen LogP contribution in [0.2, 0.25) is 0 Å². The van der Waals surface area contributed by atoms with Gasteiger partial charge in [-0.05, 0) is 36.8 Å². The van der Waals surface area contributed by atoms with Gasteiger partial charge in [-0.2, -0.15) is 0 Å². The van der Waals surface area contributed by atoms with E-state index in [1.54, 1.807) is 19.9 Å². The van der Waals surface area contributed by atoms with Crippen LogP contribution in [-0.4, -0.2) is 68.2 Å². The first-order valence-electron chi connectivity index (χ1n) is 14.0. The predicted octanol–water partition coefficient (Wildman–Crippen LogP) is 2.48. The lowest BCUT2D eigenvalue weighted by molar-refractivity contribution is -0.192. The van der Waals surface area contributed by atoms with Crippen molar-refractivity contribution in [2.24, 2.45) is 28.6 Å². The molecule has 4 aliphatic rings. The van der Waals surface area contributed by atoms with Crippen LogP contribution < -0.4 is 0 Å². The smallest absolute Gasteiger partial charge is 0.344 e. The lowest BCUT2D eigenvalue weighted by atomic mass is 9.59. The molecular weight excluding hydrogens is 518 g/mol. The molecule has 4 aliphatic carbocycles. The molecule has 10 heteroatoms. The fourth-order valence-corrected chi connectivity index (χ4v) is 8.39. The van der Waals surface area contributed by atoms with Crippen molar-refractivity contribution in [3.8, 4) is 0 Å². The van der Waals surface area contributed by atoms with Gasteiger partial charge in [0.25, 0.3) is 0 Å². The zero-order valence-electron chi connectivity index (χ0n) is 24.1. The Morgan fingerprint density at radius 3 is 2.48 bits per heavy atom. The van der Waals surface area contributed by atoms with E-state index in [2.05, 4.69) is 5.16 Å². The molecule has 1 aromatic rings. The molecule has 2 fully saturated rings. The second-order valence-corrected chi connectivity index (χ2v) is 12.5. The molecule has 7 unspecified atom stereocenters. The van der Waals surface area contributed by atoms with Gasteiger partial charge < -0.3 is 29.3 Å². The molecule has 1 spiro atoms. The third-order valence-electron chi connectivity index (χ3n) is 10.3. The minimum Gasteiger partial charge on any atom is -0.458 e. The van der Waals surface area contributed by atoms with Gasteiger partial charge in [0.15, 0.2) is 23.2 Å². The SMILES string of the molecule is CCc1noc(CC)c1C(=O)OC1C(C)=CC23C(=O)C(C=C(CO)C(O)C12O)C1C(C)(C)[C@]1(OC(C)=O)CC3C. The number of nitrogens with zero attached hydrogens (tertiary/aromatic N) is 1. The molecule has 8 atom stereocenters. The number of fused-ring (bicyclic) bond motifs is 3. The average Bonchev–Trinajstić information content (AvgIpc) is 3.15. The van der Waals surface area contributed by atoms with Crippen LogP contribution in [-0.2, 0) is 31.9 Å². The van der Waals surface area contributed by atoms with Crippen molar-refractivity contribution in [2.75, 3.05) is 6.61 Å². The minimum atomic E-state index is -2.33. The van der Waals surface area contributed by atoms with Crippen LogP contribution in [0.4, 0.5) is 0 Å². The highest BCUT2D eigenvalue weighted by atomic mass is 16.6. The van der Waals surface area contributed by atoms with Gasteiger partial charge in [0.2, 0.25) is 0 Å². The molecule has 2 bridgehead atoms. The highest BCUT2D eigenvalue weighted by Crippen LogP contribution is 2.75. The molecule has 218 valence electrons. The number of Topliss-reactive ketones (excluding diaryl/α,β-unsaturated/α-hetero) is 1. The molecule has 5 rings (SSSR count). The zero-order valence-corrected chi connectivity index (χ0v) is 24.1. The number of carbonyl (C=O) groups excluding carboxylic acids is 3. The summed E-state index contributed by atoms with van der Waals surface area (Å²) in [5.74, 6) is -3.20. The van der Waals surface area contributed by atoms with E-state index in [1.165, 1.54) is 13.0 Å². The van der Waals surface area contributed by atoms with E-state index in [0.717, 1.165) is 0 Å². The number of rotatable bonds is 6. The van der Waals surface area contributed by atoms with Crippen molar-refractivity contribution in [2.45, 2.75) is 91.1 Å². The Kier molecular flexibility index (Phi) is 6.52. The van der Waals surface area contributed by atoms with Crippen LogP contribution in [0.15, 0.2) is 27.8 Å². The van der Waals surface area contributed by atoms with Crippen molar-refractivity contribution in [3.63, 3.8) is 0 Å². The monoisotopic (exact) mass is 557 g/mol. The Labute approximate surface area is 233 Å². The summed E-state index contributed by atoms with van der Waals surface area (Å²) in [5, 5.41) is 38.7. The summed E-state index contributed by atoms with van der Waals surface area (Å²) >= 11 is 0. The number of aryl methyl sites for hydroxylation is 2. The Morgan fingerprint density at radius 1 is 1.23 bits per heavy atom. The Balaban J connectivity index is 1.67. The maximum absolute atomic E-state index is 14.7. The number of allylic oxidation sites excluding steroid dienone is 1. The topological polar surface area (TPSA) is 156 Å². The van der Waals surface area contributed by atoms with Crippen LogP contribution >= 0.6 is 0 Å². The quantitative estimate of drug-likeness (QED) is 0.351. The second kappa shape index (κ2) is 9.09. The largest absolute Gasteiger partial charge is 0.458 e. The standard InChI is InChI=1S/C30H39NO9/c1-8-19-21(20(9-2)40-31-19)26(36)38-25-14(3)11-28-15(4)12-29(39-16(5)33)22(27(29,6)7)18(24(28)35)10-17(13-32)23(34)30(25,28)37/h10-11,15,18,22-23,25,32,34,37H,8-9,12-13H2,1-7H3/t15?,18?,22?,23?,25?,28?,29-,30?/m0/s1. The van der Waals surface area contributed by atoms with Gasteiger partial charge in [0.1, 0.15) is 17.3 Å². The molecule has 40 heavy (non-hydrogen) atoms. The van der Waals surface area contributed by atoms with Gasteiger partial charge >= 0.3 is 11.9 Å². The van der Waals surface area contributed by atoms with Gasteiger partial charge in [-0.15, -0.1) is 0 Å². The maximum Gasteiger partial charge on any atom is 0.344 e. The number of hydrogen-bond acceptors (Lipinski definition) is 10. The number of carbonyl (C=O) groups is 3. The van der Waals surface area contributed by atoms with E-state index in [0.29, 0.717) is 29.9 Å². The molecular formula is C30H39NO9. The summed E-state index contributed by atoms with van der Waals surface area (Å²) in [4.78, 5) is 40.5. The van der Waals surface area contributed by atoms with Gasteiger partial charge in [-0.3, -0.25) is 9.59 Å². The Hall–Kier alpha value is -2.82. The highest BCUT2D eigenvalue weighted by Gasteiger charge is 2.83. The number of aromatic nitrogens is 1. The number of esters is 2. The van der Waals surface area contributed by atoms with Crippen molar-refractivity contribution < 1.29 is 43.7 Å². The van der Waals surface area contributed by atoms with E-state index in [-0.39, 0.29) is 23.3 Å². The second-order valence-electron chi connectivity index (χ2n) is 12.5. The van der Waals surface area contributed by atoms with Crippen LogP contribution in [0.3, 0.4) is 0 Å². The van der Waals surface area contributed by atoms with E-state index in [1.807, 2.05) is 27.7 Å². The van der Waals surface area contributed by atoms with E-state index in [9.17, 15) is 29.7 Å². The molecule has 0 saturated heterocycles. The van der Waals surface area contributed by atoms with Crippen molar-refractivity contribution in [1.82, 2.24) is 5.16 Å². The van der Waals surface area contributed by atoms with Gasteiger partial charge in [-0.25, -0.2) is 4.79 Å². The molecule has 3 N–H and O–H groups in total. The van der Waals surface area contributed by atoms with Crippen molar-refractivity contribution in [1.29, 1.82) is 0 Å². The predicted molar refractivity (Wildman–Crippen MR) is 141 cm³/mol. The first-order valence-corrected chi connectivity index (χ1v) is 14.0. The van der Waals surface area contributed by atoms with Crippen LogP contribution in [0.5, 0.6) is 0 Å². The van der Waals surface area contributed by atoms with Crippen LogP contribution in [0.1, 0.15) is 76.7 Å². The summed E-state index contributed by atoms with van der Waals surface area (Å²) in [7, 11) is 0. The van der Waals surface area contributed by atoms with E-state index >= 15 is 0 Å². The fraction of sp³-hybridized carbons (Fsp3) is 0.667. The third kappa shape index (κ3) is 3.32. The first-order chi connectivity index (χ1) is 18.7. The fourth-order valence-electron chi connectivity index (χ4n) is 8.39. The summed E-state index contributed by atoms with van der Waals surface area (Å²) < 4.78 is 17.3. The zero-order chi connectivity index (χ0) is 29.6. The number of aliphatic hydroxyl groups excluding tert-OH is 2. The molecule has 0 amide bonds. The Bertz CT molecular complexity index is 1320. The first kappa shape index (κ1) is 28.7. The van der Waals surface area contributed by atoms with Crippen LogP contribution in [0.25, 0.3) is 0 Å². The molecule has 1 aromatic heterocycles. The number of hydrogen-bond donors (Lipinski definition) is 3. The lowest BCUT2D eigenvalue weighted by Gasteiger charge is -2.49. The number of ketones is 1. The minimum absolute atomic E-state index is 0.0499. The number of ether oxygens (including phenoxy) is 2. The number of aliphatic hydroxyl groups is 3. The molecule has 0 radical (unpaired) electrons. The maximum atomic E-state index is 14.7. The summed E-state index contributed by atoms with van der Waals surface area (Å²) in [5.41, 5.74) is -4.54. The van der Waals surface area contributed by atoms with Gasteiger partial charge in [-0.1, -0.05) is 51.9 Å². The normalized spacial score (nSPS) is 39.2. The molecule has 0 aromatic carbocycles. The van der Waals surface area contributed by atoms with Crippen molar-refractivity contribution >= 4 is 17.7 Å². The van der Waals surface area contributed by atoms with Gasteiger partial charge in [0.05, 0.1) is 17.7 Å².